The first-order valence-corrected chi connectivity index (χ1v) is 10.5. The van der Waals surface area contributed by atoms with Crippen LogP contribution in [0.4, 0.5) is 0 Å². The molecule has 5 nitrogen and oxygen atoms in total. The Morgan fingerprint density at radius 1 is 1.09 bits per heavy atom. The number of piperidine rings is 1. The minimum atomic E-state index is -3.40. The van der Waals surface area contributed by atoms with Crippen molar-refractivity contribution in [1.82, 2.24) is 10.6 Å². The van der Waals surface area contributed by atoms with Crippen LogP contribution in [0.25, 0.3) is 0 Å². The maximum Gasteiger partial charge on any atom is 0.241 e. The van der Waals surface area contributed by atoms with Crippen molar-refractivity contribution >= 4 is 15.7 Å². The van der Waals surface area contributed by atoms with Gasteiger partial charge in [-0.3, -0.25) is 4.79 Å². The quantitative estimate of drug-likeness (QED) is 0.821. The summed E-state index contributed by atoms with van der Waals surface area (Å²) in [6.07, 6.45) is 10.6. The lowest BCUT2D eigenvalue weighted by Gasteiger charge is -2.35. The molecular formula is C16H30N2O3S. The second-order valence-corrected chi connectivity index (χ2v) is 9.26. The summed E-state index contributed by atoms with van der Waals surface area (Å²) in [5, 5.41) is 6.11. The highest BCUT2D eigenvalue weighted by molar-refractivity contribution is 7.92. The molecule has 0 spiro atoms. The van der Waals surface area contributed by atoms with Gasteiger partial charge in [-0.05, 0) is 44.7 Å². The van der Waals surface area contributed by atoms with Gasteiger partial charge in [0.1, 0.15) is 0 Å². The van der Waals surface area contributed by atoms with Crippen molar-refractivity contribution in [3.8, 4) is 0 Å². The molecule has 2 fully saturated rings. The van der Waals surface area contributed by atoms with E-state index in [1.165, 1.54) is 38.4 Å². The predicted octanol–water partition coefficient (Wildman–Crippen LogP) is 1.63. The van der Waals surface area contributed by atoms with Crippen LogP contribution in [-0.2, 0) is 14.6 Å². The number of hydrogen-bond donors (Lipinski definition) is 2. The first kappa shape index (κ1) is 17.7. The summed E-state index contributed by atoms with van der Waals surface area (Å²) in [5.74, 6) is 0.223. The average molecular weight is 330 g/mol. The topological polar surface area (TPSA) is 75.3 Å². The molecule has 1 aliphatic heterocycles. The van der Waals surface area contributed by atoms with E-state index in [0.29, 0.717) is 38.4 Å². The van der Waals surface area contributed by atoms with E-state index in [2.05, 4.69) is 10.6 Å². The normalized spacial score (nSPS) is 24.2. The van der Waals surface area contributed by atoms with Gasteiger partial charge < -0.3 is 10.6 Å². The molecule has 0 unspecified atom stereocenters. The zero-order valence-corrected chi connectivity index (χ0v) is 14.5. The summed E-state index contributed by atoms with van der Waals surface area (Å²) < 4.78 is 23.2. The highest BCUT2D eigenvalue weighted by Gasteiger charge is 2.48. The Morgan fingerprint density at radius 2 is 1.64 bits per heavy atom. The second-order valence-electron chi connectivity index (χ2n) is 6.94. The molecule has 0 aromatic rings. The highest BCUT2D eigenvalue weighted by Crippen LogP contribution is 2.28. The first-order valence-electron chi connectivity index (χ1n) is 8.64. The Kier molecular flexibility index (Phi) is 6.26. The van der Waals surface area contributed by atoms with Crippen LogP contribution in [0.3, 0.4) is 0 Å². The van der Waals surface area contributed by atoms with Crippen molar-refractivity contribution in [2.75, 3.05) is 25.9 Å². The monoisotopic (exact) mass is 330 g/mol. The van der Waals surface area contributed by atoms with Crippen LogP contribution in [0, 0.1) is 5.92 Å². The summed E-state index contributed by atoms with van der Waals surface area (Å²) in [4.78, 5) is 12.6. The van der Waals surface area contributed by atoms with Crippen molar-refractivity contribution < 1.29 is 13.2 Å². The van der Waals surface area contributed by atoms with Gasteiger partial charge in [-0.15, -0.1) is 0 Å². The number of carbonyl (C=O) groups excluding carboxylic acids is 1. The van der Waals surface area contributed by atoms with Gasteiger partial charge >= 0.3 is 0 Å². The standard InChI is InChI=1S/C16H30N2O3S/c1-22(20,21)16(9-11-17-12-10-16)15(19)18-13-14-7-5-3-2-4-6-8-14/h14,17H,2-13H2,1H3,(H,18,19). The minimum absolute atomic E-state index is 0.279. The summed E-state index contributed by atoms with van der Waals surface area (Å²) in [5.41, 5.74) is 0. The average Bonchev–Trinajstić information content (AvgIpc) is 2.45. The van der Waals surface area contributed by atoms with Crippen LogP contribution in [0.1, 0.15) is 57.8 Å². The number of hydrogen-bond acceptors (Lipinski definition) is 4. The summed E-state index contributed by atoms with van der Waals surface area (Å²) in [6, 6.07) is 0. The molecule has 0 bridgehead atoms. The summed E-state index contributed by atoms with van der Waals surface area (Å²) >= 11 is 0. The maximum atomic E-state index is 12.6. The Labute approximate surface area is 134 Å². The molecule has 1 heterocycles. The third-order valence-corrected chi connectivity index (χ3v) is 7.32. The molecule has 2 N–H and O–H groups in total. The fourth-order valence-electron chi connectivity index (χ4n) is 3.74. The van der Waals surface area contributed by atoms with Crippen LogP contribution in [0.2, 0.25) is 0 Å². The molecule has 22 heavy (non-hydrogen) atoms. The van der Waals surface area contributed by atoms with Crippen molar-refractivity contribution in [3.05, 3.63) is 0 Å². The van der Waals surface area contributed by atoms with E-state index in [1.807, 2.05) is 0 Å². The highest BCUT2D eigenvalue weighted by atomic mass is 32.2. The van der Waals surface area contributed by atoms with Crippen LogP contribution in [0.5, 0.6) is 0 Å². The van der Waals surface area contributed by atoms with Crippen LogP contribution in [-0.4, -0.2) is 45.0 Å². The number of nitrogens with one attached hydrogen (secondary N) is 2. The van der Waals surface area contributed by atoms with E-state index in [9.17, 15) is 13.2 Å². The SMILES string of the molecule is CS(=O)(=O)C1(C(=O)NCC2CCCCCCC2)CCNCC1. The van der Waals surface area contributed by atoms with E-state index in [1.54, 1.807) is 0 Å². The fraction of sp³-hybridized carbons (Fsp3) is 0.938. The lowest BCUT2D eigenvalue weighted by atomic mass is 9.90. The second kappa shape index (κ2) is 7.77. The third kappa shape index (κ3) is 4.22. The van der Waals surface area contributed by atoms with E-state index >= 15 is 0 Å². The van der Waals surface area contributed by atoms with Gasteiger partial charge in [0.25, 0.3) is 0 Å². The molecule has 0 aromatic carbocycles. The van der Waals surface area contributed by atoms with Gasteiger partial charge in [0.2, 0.25) is 5.91 Å². The largest absolute Gasteiger partial charge is 0.354 e. The van der Waals surface area contributed by atoms with Gasteiger partial charge in [0.15, 0.2) is 14.6 Å². The molecule has 0 atom stereocenters. The Balaban J connectivity index is 1.96. The molecule has 128 valence electrons. The van der Waals surface area contributed by atoms with E-state index in [0.717, 1.165) is 12.8 Å². The first-order chi connectivity index (χ1) is 10.5. The zero-order chi connectivity index (χ0) is 16.1. The van der Waals surface area contributed by atoms with Crippen LogP contribution >= 0.6 is 0 Å². The number of amides is 1. The number of carbonyl (C=O) groups is 1. The Hall–Kier alpha value is -0.620. The molecule has 1 saturated heterocycles. The smallest absolute Gasteiger partial charge is 0.241 e. The Bertz CT molecular complexity index is 462. The van der Waals surface area contributed by atoms with Crippen molar-refractivity contribution in [2.24, 2.45) is 5.92 Å². The maximum absolute atomic E-state index is 12.6. The van der Waals surface area contributed by atoms with Crippen molar-refractivity contribution in [2.45, 2.75) is 62.5 Å². The van der Waals surface area contributed by atoms with E-state index in [-0.39, 0.29) is 5.91 Å². The lowest BCUT2D eigenvalue weighted by molar-refractivity contribution is -0.124. The van der Waals surface area contributed by atoms with Crippen LogP contribution in [0.15, 0.2) is 0 Å². The molecule has 0 aromatic heterocycles. The molecular weight excluding hydrogens is 300 g/mol. The third-order valence-electron chi connectivity index (χ3n) is 5.31. The lowest BCUT2D eigenvalue weighted by Crippen LogP contribution is -2.57. The van der Waals surface area contributed by atoms with Crippen LogP contribution < -0.4 is 10.6 Å². The van der Waals surface area contributed by atoms with Gasteiger partial charge in [-0.25, -0.2) is 8.42 Å². The van der Waals surface area contributed by atoms with Gasteiger partial charge in [-0.2, -0.15) is 0 Å². The molecule has 1 saturated carbocycles. The molecule has 6 heteroatoms. The minimum Gasteiger partial charge on any atom is -0.354 e. The molecule has 0 radical (unpaired) electrons. The van der Waals surface area contributed by atoms with Crippen molar-refractivity contribution in [3.63, 3.8) is 0 Å². The number of rotatable bonds is 4. The molecule has 2 aliphatic rings. The predicted molar refractivity (Wildman–Crippen MR) is 88.5 cm³/mol. The van der Waals surface area contributed by atoms with Gasteiger partial charge in [0.05, 0.1) is 0 Å². The summed E-state index contributed by atoms with van der Waals surface area (Å²) in [6.45, 7) is 1.80. The number of sulfone groups is 1. The summed E-state index contributed by atoms with van der Waals surface area (Å²) in [7, 11) is -3.40. The molecule has 2 rings (SSSR count). The van der Waals surface area contributed by atoms with E-state index < -0.39 is 14.6 Å². The molecule has 1 aliphatic carbocycles. The van der Waals surface area contributed by atoms with Gasteiger partial charge in [0, 0.05) is 12.8 Å². The zero-order valence-electron chi connectivity index (χ0n) is 13.7. The Morgan fingerprint density at radius 3 is 2.18 bits per heavy atom. The molecule has 1 amide bonds. The van der Waals surface area contributed by atoms with Crippen molar-refractivity contribution in [1.29, 1.82) is 0 Å². The van der Waals surface area contributed by atoms with E-state index in [4.69, 9.17) is 0 Å². The van der Waals surface area contributed by atoms with Gasteiger partial charge in [-0.1, -0.05) is 32.1 Å². The fourth-order valence-corrected chi connectivity index (χ4v) is 5.09.